The number of anilines is 1. The van der Waals surface area contributed by atoms with Crippen molar-refractivity contribution in [1.29, 1.82) is 0 Å². The summed E-state index contributed by atoms with van der Waals surface area (Å²) in [7, 11) is -3.38. The minimum absolute atomic E-state index is 0.115. The molecule has 0 amide bonds. The molecule has 0 aliphatic heterocycles. The number of hydrogen-bond acceptors (Lipinski definition) is 5. The monoisotopic (exact) mass is 343 g/mol. The highest BCUT2D eigenvalue weighted by Gasteiger charge is 2.27. The van der Waals surface area contributed by atoms with Crippen molar-refractivity contribution in [2.24, 2.45) is 0 Å². The van der Waals surface area contributed by atoms with Crippen LogP contribution in [0.15, 0.2) is 35.4 Å². The number of thiazole rings is 1. The van der Waals surface area contributed by atoms with E-state index in [0.29, 0.717) is 15.9 Å². The maximum atomic E-state index is 12.0. The molecule has 0 saturated heterocycles. The van der Waals surface area contributed by atoms with Gasteiger partial charge in [-0.25, -0.2) is 18.1 Å². The fraction of sp³-hybridized carbons (Fsp3) is 0.308. The summed E-state index contributed by atoms with van der Waals surface area (Å²) in [4.78, 5) is 5.28. The standard InChI is InChI=1S/C13H14ClN3O2S2/c14-13-16-8-11(20-13)7-15-9-3-5-12(6-4-9)21(18,19)17-10-1-2-10/h3-6,8,10,15,17H,1-2,7H2. The van der Waals surface area contributed by atoms with Gasteiger partial charge in [-0.1, -0.05) is 11.6 Å². The topological polar surface area (TPSA) is 71.1 Å². The molecule has 5 nitrogen and oxygen atoms in total. The van der Waals surface area contributed by atoms with E-state index in [1.165, 1.54) is 11.3 Å². The second-order valence-electron chi connectivity index (χ2n) is 4.85. The normalized spacial score (nSPS) is 15.1. The molecular weight excluding hydrogens is 330 g/mol. The van der Waals surface area contributed by atoms with E-state index in [1.807, 2.05) is 0 Å². The Morgan fingerprint density at radius 2 is 2.00 bits per heavy atom. The Morgan fingerprint density at radius 3 is 2.57 bits per heavy atom. The molecule has 0 spiro atoms. The van der Waals surface area contributed by atoms with Crippen LogP contribution in [0.2, 0.25) is 4.47 Å². The summed E-state index contributed by atoms with van der Waals surface area (Å²) in [5, 5.41) is 3.20. The molecule has 1 saturated carbocycles. The van der Waals surface area contributed by atoms with Gasteiger partial charge < -0.3 is 5.32 Å². The molecule has 2 aromatic rings. The molecule has 1 aromatic heterocycles. The molecule has 0 radical (unpaired) electrons. The van der Waals surface area contributed by atoms with E-state index >= 15 is 0 Å². The van der Waals surface area contributed by atoms with Crippen LogP contribution in [0.25, 0.3) is 0 Å². The number of nitrogens with zero attached hydrogens (tertiary/aromatic N) is 1. The Balaban J connectivity index is 1.63. The lowest BCUT2D eigenvalue weighted by Gasteiger charge is -2.08. The predicted octanol–water partition coefficient (Wildman–Crippen LogP) is 2.85. The average molecular weight is 344 g/mol. The first-order chi connectivity index (χ1) is 10.0. The zero-order chi connectivity index (χ0) is 14.9. The average Bonchev–Trinajstić information content (AvgIpc) is 3.16. The van der Waals surface area contributed by atoms with E-state index in [9.17, 15) is 8.42 Å². The van der Waals surface area contributed by atoms with Crippen molar-refractivity contribution in [2.75, 3.05) is 5.32 Å². The van der Waals surface area contributed by atoms with Crippen molar-refractivity contribution >= 4 is 38.6 Å². The van der Waals surface area contributed by atoms with Crippen LogP contribution in [0.3, 0.4) is 0 Å². The van der Waals surface area contributed by atoms with Crippen LogP contribution in [-0.2, 0) is 16.6 Å². The number of sulfonamides is 1. The number of hydrogen-bond donors (Lipinski definition) is 2. The highest BCUT2D eigenvalue weighted by molar-refractivity contribution is 7.89. The molecule has 1 aliphatic rings. The van der Waals surface area contributed by atoms with Crippen LogP contribution in [0.5, 0.6) is 0 Å². The second kappa shape index (κ2) is 5.92. The summed E-state index contributed by atoms with van der Waals surface area (Å²) in [5.41, 5.74) is 0.852. The van der Waals surface area contributed by atoms with Gasteiger partial charge in [0.15, 0.2) is 4.47 Å². The highest BCUT2D eigenvalue weighted by Crippen LogP contribution is 2.23. The second-order valence-corrected chi connectivity index (χ2v) is 8.26. The molecule has 1 heterocycles. The summed E-state index contributed by atoms with van der Waals surface area (Å²) >= 11 is 7.18. The third-order valence-electron chi connectivity index (χ3n) is 3.06. The van der Waals surface area contributed by atoms with E-state index in [4.69, 9.17) is 11.6 Å². The van der Waals surface area contributed by atoms with Gasteiger partial charge in [-0.05, 0) is 37.1 Å². The van der Waals surface area contributed by atoms with E-state index in [-0.39, 0.29) is 6.04 Å². The van der Waals surface area contributed by atoms with Crippen LogP contribution >= 0.6 is 22.9 Å². The first-order valence-electron chi connectivity index (χ1n) is 6.49. The SMILES string of the molecule is O=S(=O)(NC1CC1)c1ccc(NCc2cnc(Cl)s2)cc1. The van der Waals surface area contributed by atoms with E-state index < -0.39 is 10.0 Å². The van der Waals surface area contributed by atoms with Crippen molar-refractivity contribution in [3.63, 3.8) is 0 Å². The van der Waals surface area contributed by atoms with Crippen LogP contribution in [-0.4, -0.2) is 19.4 Å². The molecule has 0 unspecified atom stereocenters. The smallest absolute Gasteiger partial charge is 0.240 e. The van der Waals surface area contributed by atoms with E-state index in [2.05, 4.69) is 15.0 Å². The Hall–Kier alpha value is -1.15. The van der Waals surface area contributed by atoms with Crippen molar-refractivity contribution < 1.29 is 8.42 Å². The van der Waals surface area contributed by atoms with Crippen molar-refractivity contribution in [2.45, 2.75) is 30.3 Å². The first kappa shape index (κ1) is 14.8. The molecule has 0 bridgehead atoms. The maximum absolute atomic E-state index is 12.0. The number of benzene rings is 1. The molecule has 2 N–H and O–H groups in total. The molecule has 112 valence electrons. The molecular formula is C13H14ClN3O2S2. The summed E-state index contributed by atoms with van der Waals surface area (Å²) in [6.45, 7) is 0.608. The minimum atomic E-state index is -3.38. The number of aromatic nitrogens is 1. The van der Waals surface area contributed by atoms with Gasteiger partial charge in [0.05, 0.1) is 11.4 Å². The quantitative estimate of drug-likeness (QED) is 0.846. The van der Waals surface area contributed by atoms with Crippen LogP contribution in [0.4, 0.5) is 5.69 Å². The largest absolute Gasteiger partial charge is 0.380 e. The van der Waals surface area contributed by atoms with E-state index in [1.54, 1.807) is 30.5 Å². The maximum Gasteiger partial charge on any atom is 0.240 e. The van der Waals surface area contributed by atoms with Crippen LogP contribution in [0.1, 0.15) is 17.7 Å². The van der Waals surface area contributed by atoms with E-state index in [0.717, 1.165) is 23.4 Å². The van der Waals surface area contributed by atoms with Gasteiger partial charge in [0.1, 0.15) is 0 Å². The van der Waals surface area contributed by atoms with Crippen molar-refractivity contribution in [3.8, 4) is 0 Å². The summed E-state index contributed by atoms with van der Waals surface area (Å²) in [6.07, 6.45) is 3.57. The molecule has 21 heavy (non-hydrogen) atoms. The lowest BCUT2D eigenvalue weighted by Crippen LogP contribution is -2.25. The number of halogens is 1. The van der Waals surface area contributed by atoms with Gasteiger partial charge in [-0.3, -0.25) is 0 Å². The lowest BCUT2D eigenvalue weighted by atomic mass is 10.3. The molecule has 0 atom stereocenters. The number of nitrogens with one attached hydrogen (secondary N) is 2. The Morgan fingerprint density at radius 1 is 1.29 bits per heavy atom. The summed E-state index contributed by atoms with van der Waals surface area (Å²) in [5.74, 6) is 0. The predicted molar refractivity (Wildman–Crippen MR) is 84.2 cm³/mol. The van der Waals surface area contributed by atoms with Gasteiger partial charge in [0.2, 0.25) is 10.0 Å². The van der Waals surface area contributed by atoms with Crippen molar-refractivity contribution in [1.82, 2.24) is 9.71 Å². The van der Waals surface area contributed by atoms with Crippen molar-refractivity contribution in [3.05, 3.63) is 39.8 Å². The molecule has 8 heteroatoms. The Labute approximate surface area is 132 Å². The zero-order valence-electron chi connectivity index (χ0n) is 11.0. The van der Waals surface area contributed by atoms with Gasteiger partial charge in [-0.2, -0.15) is 0 Å². The lowest BCUT2D eigenvalue weighted by molar-refractivity contribution is 0.581. The minimum Gasteiger partial charge on any atom is -0.380 e. The Bertz CT molecular complexity index is 724. The Kier molecular flexibility index (Phi) is 4.17. The molecule has 1 aromatic carbocycles. The van der Waals surface area contributed by atoms with Gasteiger partial charge >= 0.3 is 0 Å². The summed E-state index contributed by atoms with van der Waals surface area (Å²) < 4.78 is 27.2. The van der Waals surface area contributed by atoms with Crippen LogP contribution < -0.4 is 10.0 Å². The van der Waals surface area contributed by atoms with Crippen LogP contribution in [0, 0.1) is 0 Å². The third-order valence-corrected chi connectivity index (χ3v) is 5.71. The third kappa shape index (κ3) is 3.94. The van der Waals surface area contributed by atoms with Gasteiger partial charge in [0, 0.05) is 22.8 Å². The number of rotatable bonds is 6. The molecule has 3 rings (SSSR count). The zero-order valence-corrected chi connectivity index (χ0v) is 13.4. The molecule has 1 aliphatic carbocycles. The first-order valence-corrected chi connectivity index (χ1v) is 9.17. The van der Waals surface area contributed by atoms with Gasteiger partial charge in [0.25, 0.3) is 0 Å². The fourth-order valence-corrected chi connectivity index (χ4v) is 4.02. The highest BCUT2D eigenvalue weighted by atomic mass is 35.5. The molecule has 1 fully saturated rings. The van der Waals surface area contributed by atoms with Gasteiger partial charge in [-0.15, -0.1) is 11.3 Å². The summed E-state index contributed by atoms with van der Waals surface area (Å²) in [6, 6.07) is 6.83. The fourth-order valence-electron chi connectivity index (χ4n) is 1.80.